The van der Waals surface area contributed by atoms with E-state index in [1.54, 1.807) is 7.11 Å². The zero-order valence-electron chi connectivity index (χ0n) is 16.5. The number of rotatable bonds is 3. The zero-order chi connectivity index (χ0) is 20.5. The first kappa shape index (κ1) is 19.4. The van der Waals surface area contributed by atoms with Crippen molar-refractivity contribution in [2.75, 3.05) is 7.11 Å². The molecule has 2 unspecified atom stereocenters. The molecule has 2 atom stereocenters. The van der Waals surface area contributed by atoms with E-state index in [2.05, 4.69) is 11.2 Å². The molecule has 1 aliphatic carbocycles. The van der Waals surface area contributed by atoms with Crippen molar-refractivity contribution in [3.63, 3.8) is 0 Å². The Labute approximate surface area is 176 Å². The predicted molar refractivity (Wildman–Crippen MR) is 116 cm³/mol. The molecule has 0 aromatic heterocycles. The molecule has 4 heteroatoms. The first-order chi connectivity index (χ1) is 14.0. The molecule has 0 fully saturated rings. The number of carbonyl (C=O) groups is 1. The van der Waals surface area contributed by atoms with Crippen LogP contribution in [0.1, 0.15) is 42.7 Å². The van der Waals surface area contributed by atoms with Crippen molar-refractivity contribution in [1.82, 2.24) is 5.32 Å². The van der Waals surface area contributed by atoms with Gasteiger partial charge in [-0.25, -0.2) is 0 Å². The molecule has 3 nitrogen and oxygen atoms in total. The van der Waals surface area contributed by atoms with Gasteiger partial charge in [0.05, 0.1) is 7.11 Å². The van der Waals surface area contributed by atoms with Crippen molar-refractivity contribution in [2.24, 2.45) is 0 Å². The minimum Gasteiger partial charge on any atom is -0.497 e. The van der Waals surface area contributed by atoms with E-state index in [1.807, 2.05) is 55.5 Å². The van der Waals surface area contributed by atoms with Crippen LogP contribution in [0.15, 0.2) is 71.1 Å². The van der Waals surface area contributed by atoms with Crippen LogP contribution in [-0.4, -0.2) is 12.9 Å². The molecule has 0 spiro atoms. The van der Waals surface area contributed by atoms with Gasteiger partial charge < -0.3 is 10.1 Å². The second kappa shape index (κ2) is 7.81. The van der Waals surface area contributed by atoms with E-state index >= 15 is 0 Å². The smallest absolute Gasteiger partial charge is 0.162 e. The third-order valence-electron chi connectivity index (χ3n) is 5.77. The van der Waals surface area contributed by atoms with Crippen LogP contribution in [0, 0.1) is 12.3 Å². The SMILES string of the molecule is C#CC1=C(C)NC2=C(C(=O)CC(c3ccc(Cl)cc3)C2)C1c1ccc(OC)cc1. The van der Waals surface area contributed by atoms with Crippen LogP contribution in [-0.2, 0) is 4.79 Å². The lowest BCUT2D eigenvalue weighted by Gasteiger charge is -2.36. The van der Waals surface area contributed by atoms with Crippen molar-refractivity contribution in [1.29, 1.82) is 0 Å². The van der Waals surface area contributed by atoms with Crippen molar-refractivity contribution >= 4 is 17.4 Å². The van der Waals surface area contributed by atoms with E-state index in [4.69, 9.17) is 22.8 Å². The van der Waals surface area contributed by atoms with Crippen LogP contribution in [0.5, 0.6) is 5.75 Å². The van der Waals surface area contributed by atoms with Gasteiger partial charge in [0.1, 0.15) is 5.75 Å². The zero-order valence-corrected chi connectivity index (χ0v) is 17.2. The van der Waals surface area contributed by atoms with Gasteiger partial charge in [0.25, 0.3) is 0 Å². The molecule has 1 heterocycles. The summed E-state index contributed by atoms with van der Waals surface area (Å²) in [6.45, 7) is 1.98. The topological polar surface area (TPSA) is 38.3 Å². The maximum Gasteiger partial charge on any atom is 0.162 e. The molecule has 1 N–H and O–H groups in total. The van der Waals surface area contributed by atoms with E-state index in [9.17, 15) is 4.79 Å². The second-order valence-corrected chi connectivity index (χ2v) is 7.92. The lowest BCUT2D eigenvalue weighted by atomic mass is 9.72. The quantitative estimate of drug-likeness (QED) is 0.702. The number of ether oxygens (including phenoxy) is 1. The van der Waals surface area contributed by atoms with E-state index in [0.717, 1.165) is 45.8 Å². The number of hydrogen-bond donors (Lipinski definition) is 1. The molecular formula is C25H22ClNO2. The van der Waals surface area contributed by atoms with Gasteiger partial charge in [0, 0.05) is 39.9 Å². The van der Waals surface area contributed by atoms with Crippen LogP contribution in [0.4, 0.5) is 0 Å². The van der Waals surface area contributed by atoms with Gasteiger partial charge in [-0.1, -0.05) is 41.8 Å². The maximum atomic E-state index is 13.3. The molecule has 2 aromatic carbocycles. The summed E-state index contributed by atoms with van der Waals surface area (Å²) in [5, 5.41) is 4.13. The third kappa shape index (κ3) is 3.57. The Kier molecular flexibility index (Phi) is 5.22. The highest BCUT2D eigenvalue weighted by Crippen LogP contribution is 2.45. The predicted octanol–water partition coefficient (Wildman–Crippen LogP) is 5.34. The van der Waals surface area contributed by atoms with Crippen molar-refractivity contribution in [3.05, 3.63) is 87.2 Å². The Balaban J connectivity index is 1.75. The van der Waals surface area contributed by atoms with Crippen molar-refractivity contribution < 1.29 is 9.53 Å². The fraction of sp³-hybridized carbons (Fsp3) is 0.240. The van der Waals surface area contributed by atoms with Gasteiger partial charge in [-0.2, -0.15) is 0 Å². The molecule has 2 aromatic rings. The first-order valence-electron chi connectivity index (χ1n) is 9.62. The van der Waals surface area contributed by atoms with Crippen LogP contribution in [0.3, 0.4) is 0 Å². The number of carbonyl (C=O) groups excluding carboxylic acids is 1. The van der Waals surface area contributed by atoms with E-state index in [-0.39, 0.29) is 17.6 Å². The Morgan fingerprint density at radius 2 is 1.72 bits per heavy atom. The van der Waals surface area contributed by atoms with Gasteiger partial charge >= 0.3 is 0 Å². The molecule has 2 aliphatic rings. The molecular weight excluding hydrogens is 382 g/mol. The van der Waals surface area contributed by atoms with Gasteiger partial charge in [-0.05, 0) is 54.7 Å². The molecule has 0 bridgehead atoms. The van der Waals surface area contributed by atoms with Gasteiger partial charge in [-0.15, -0.1) is 6.42 Å². The van der Waals surface area contributed by atoms with Gasteiger partial charge in [0.2, 0.25) is 0 Å². The van der Waals surface area contributed by atoms with Gasteiger partial charge in [0.15, 0.2) is 5.78 Å². The van der Waals surface area contributed by atoms with Crippen LogP contribution in [0.2, 0.25) is 5.02 Å². The van der Waals surface area contributed by atoms with Gasteiger partial charge in [-0.3, -0.25) is 4.79 Å². The van der Waals surface area contributed by atoms with E-state index < -0.39 is 0 Å². The number of dihydropyridines is 1. The molecule has 0 saturated heterocycles. The fourth-order valence-electron chi connectivity index (χ4n) is 4.33. The number of methoxy groups -OCH3 is 1. The monoisotopic (exact) mass is 403 g/mol. The van der Waals surface area contributed by atoms with Crippen LogP contribution < -0.4 is 10.1 Å². The summed E-state index contributed by atoms with van der Waals surface area (Å²) in [6.07, 6.45) is 7.09. The average Bonchev–Trinajstić information content (AvgIpc) is 2.73. The highest BCUT2D eigenvalue weighted by Gasteiger charge is 2.38. The number of terminal acetylenes is 1. The van der Waals surface area contributed by atoms with Crippen molar-refractivity contribution in [2.45, 2.75) is 31.6 Å². The molecule has 0 saturated carbocycles. The van der Waals surface area contributed by atoms with Crippen LogP contribution >= 0.6 is 11.6 Å². The Bertz CT molecular complexity index is 1060. The molecule has 1 aliphatic heterocycles. The van der Waals surface area contributed by atoms with Crippen molar-refractivity contribution in [3.8, 4) is 18.1 Å². The third-order valence-corrected chi connectivity index (χ3v) is 6.03. The number of halogens is 1. The molecule has 146 valence electrons. The molecule has 0 radical (unpaired) electrons. The standard InChI is InChI=1S/C25H22ClNO2/c1-4-21-15(2)27-22-13-18(16-5-9-19(26)10-6-16)14-23(28)25(22)24(21)17-7-11-20(29-3)12-8-17/h1,5-12,18,24,27H,13-14H2,2-3H3. The minimum absolute atomic E-state index is 0.128. The summed E-state index contributed by atoms with van der Waals surface area (Å²) in [5.41, 5.74) is 5.63. The first-order valence-corrected chi connectivity index (χ1v) is 9.99. The molecule has 0 amide bonds. The number of allylic oxidation sites excluding steroid dienone is 4. The summed E-state index contributed by atoms with van der Waals surface area (Å²) >= 11 is 6.03. The normalized spacial score (nSPS) is 21.4. The highest BCUT2D eigenvalue weighted by molar-refractivity contribution is 6.30. The fourth-order valence-corrected chi connectivity index (χ4v) is 4.46. The summed E-state index contributed by atoms with van der Waals surface area (Å²) in [6, 6.07) is 15.6. The minimum atomic E-state index is -0.221. The summed E-state index contributed by atoms with van der Waals surface area (Å²) < 4.78 is 5.28. The Morgan fingerprint density at radius 1 is 1.07 bits per heavy atom. The maximum absolute atomic E-state index is 13.3. The number of ketones is 1. The lowest BCUT2D eigenvalue weighted by Crippen LogP contribution is -2.33. The summed E-state index contributed by atoms with van der Waals surface area (Å²) in [7, 11) is 1.64. The number of benzene rings is 2. The lowest BCUT2D eigenvalue weighted by molar-refractivity contribution is -0.116. The number of Topliss-reactive ketones (excluding diaryl/α,β-unsaturated/α-hetero) is 1. The summed E-state index contributed by atoms with van der Waals surface area (Å²) in [4.78, 5) is 13.3. The van der Waals surface area contributed by atoms with E-state index in [0.29, 0.717) is 11.4 Å². The number of nitrogens with one attached hydrogen (secondary N) is 1. The van der Waals surface area contributed by atoms with Crippen LogP contribution in [0.25, 0.3) is 0 Å². The number of hydrogen-bond acceptors (Lipinski definition) is 3. The largest absolute Gasteiger partial charge is 0.497 e. The second-order valence-electron chi connectivity index (χ2n) is 7.49. The van der Waals surface area contributed by atoms with E-state index in [1.165, 1.54) is 0 Å². The molecule has 29 heavy (non-hydrogen) atoms. The molecule has 4 rings (SSSR count). The Hall–Kier alpha value is -2.96. The summed E-state index contributed by atoms with van der Waals surface area (Å²) in [5.74, 6) is 3.64. The highest BCUT2D eigenvalue weighted by atomic mass is 35.5. The Morgan fingerprint density at radius 3 is 2.34 bits per heavy atom. The average molecular weight is 404 g/mol.